The minimum absolute atomic E-state index is 0.0235. The van der Waals surface area contributed by atoms with Crippen LogP contribution in [0.15, 0.2) is 142 Å². The van der Waals surface area contributed by atoms with Gasteiger partial charge in [0, 0.05) is 148 Å². The van der Waals surface area contributed by atoms with E-state index >= 15 is 0 Å². The van der Waals surface area contributed by atoms with Crippen molar-refractivity contribution in [2.24, 2.45) is 25.4 Å². The van der Waals surface area contributed by atoms with Crippen LogP contribution in [-0.2, 0) is 30.3 Å². The van der Waals surface area contributed by atoms with Crippen LogP contribution in [0.4, 0.5) is 13.2 Å². The van der Waals surface area contributed by atoms with E-state index in [2.05, 4.69) is 122 Å². The molecule has 686 valence electrons. The fourth-order valence-electron chi connectivity index (χ4n) is 15.8. The quantitative estimate of drug-likeness (QED) is 0.0620. The van der Waals surface area contributed by atoms with Gasteiger partial charge in [-0.25, -0.2) is 0 Å². The minimum atomic E-state index is -4.98. The van der Waals surface area contributed by atoms with E-state index in [1.165, 1.54) is 42.7 Å². The lowest BCUT2D eigenvalue weighted by molar-refractivity contribution is -0.173. The topological polar surface area (TPSA) is 314 Å². The molecule has 14 heterocycles. The van der Waals surface area contributed by atoms with E-state index in [4.69, 9.17) is 71.1 Å². The highest BCUT2D eigenvalue weighted by Gasteiger charge is 2.42. The summed E-state index contributed by atoms with van der Waals surface area (Å²) in [6, 6.07) is 31.9. The van der Waals surface area contributed by atoms with Gasteiger partial charge in [-0.2, -0.15) is 13.2 Å². The van der Waals surface area contributed by atoms with Gasteiger partial charge in [-0.1, -0.05) is 122 Å². The van der Waals surface area contributed by atoms with Gasteiger partial charge in [0.1, 0.15) is 67.5 Å². The number of carbonyl (C=O) groups excluding carboxylic acids is 4. The molecule has 27 nitrogen and oxygen atoms in total. The number of pyridine rings is 1. The summed E-state index contributed by atoms with van der Waals surface area (Å²) in [6.45, 7) is 35.1. The molecule has 4 N–H and O–H groups in total. The molecule has 38 heteroatoms. The second kappa shape index (κ2) is 40.3. The predicted molar refractivity (Wildman–Crippen MR) is 515 cm³/mol. The van der Waals surface area contributed by atoms with Crippen molar-refractivity contribution in [3.05, 3.63) is 280 Å². The molecule has 1 saturated heterocycles. The van der Waals surface area contributed by atoms with Crippen molar-refractivity contribution in [1.29, 1.82) is 0 Å². The second-order valence-electron chi connectivity index (χ2n) is 33.5. The zero-order valence-electron chi connectivity index (χ0n) is 75.2. The number of fused-ring (bicyclic) bond motifs is 12. The smallest absolute Gasteiger partial charge is 0.379 e. The van der Waals surface area contributed by atoms with Gasteiger partial charge in [0.15, 0.2) is 23.3 Å². The molecule has 9 aromatic heterocycles. The monoisotopic (exact) mass is 1940 g/mol. The van der Waals surface area contributed by atoms with Gasteiger partial charge >= 0.3 is 12.1 Å². The molecule has 4 amide bonds. The number of ether oxygens (including phenoxy) is 1. The summed E-state index contributed by atoms with van der Waals surface area (Å²) in [5.41, 5.74) is 16.0. The summed E-state index contributed by atoms with van der Waals surface area (Å²) >= 11 is 31.2. The number of alkyl halides is 3. The summed E-state index contributed by atoms with van der Waals surface area (Å²) in [4.78, 5) is 81.3. The fourth-order valence-corrected chi connectivity index (χ4v) is 21.2. The fraction of sp³-hybridized carbons (Fsp3) is 0.351. The Morgan fingerprint density at radius 1 is 0.417 bits per heavy atom. The Kier molecular flexibility index (Phi) is 29.2. The molecule has 5 aliphatic heterocycles. The van der Waals surface area contributed by atoms with Crippen LogP contribution in [0.2, 0.25) is 20.1 Å². The Morgan fingerprint density at radius 2 is 0.727 bits per heavy atom. The first-order valence-corrected chi connectivity index (χ1v) is 47.6. The van der Waals surface area contributed by atoms with Crippen molar-refractivity contribution in [2.45, 2.75) is 153 Å². The molecule has 132 heavy (non-hydrogen) atoms. The summed E-state index contributed by atoms with van der Waals surface area (Å²) < 4.78 is 51.6. The lowest BCUT2D eigenvalue weighted by atomic mass is 9.95. The summed E-state index contributed by atoms with van der Waals surface area (Å²) in [7, 11) is 0. The van der Waals surface area contributed by atoms with E-state index in [0.29, 0.717) is 75.2 Å². The number of nitrogens with one attached hydrogen (secondary N) is 4. The number of nitrogens with zero attached hydrogens (tertiary/aromatic N) is 18. The number of rotatable bonds is 18. The SMILES string of the molecule is Cc1sc2c(c1C)C(c1ccc(Cl)cc1)=NC(CC(=O)NCCN1CCOCC1)c1nnc(C)n1-2.Cc1sc2c(c1C)C(c1ccc(Cl)cc1)=NC(CC(=O)NCCc1cccnc1)c1nnc(C)n1-2.Cc1sc2c(c1C)C(c1ccc(Cl)cc1)=NC(CNC(=O)C(F)(F)F)c1nnc(C)n1-2.Cc1sc2c(c1C)C(c1ccc(Cl)cc1)=N[C@H](CNC(=O)C(C)(C)C)c1nnc(C)n1-2. The van der Waals surface area contributed by atoms with Gasteiger partial charge in [-0.3, -0.25) is 67.3 Å². The van der Waals surface area contributed by atoms with Gasteiger partial charge in [0.05, 0.1) is 48.9 Å². The van der Waals surface area contributed by atoms with E-state index in [1.807, 2.05) is 164 Å². The van der Waals surface area contributed by atoms with Crippen LogP contribution in [0.25, 0.3) is 20.0 Å². The Bertz CT molecular complexity index is 6440. The number of amides is 4. The van der Waals surface area contributed by atoms with Crippen LogP contribution in [0.3, 0.4) is 0 Å². The van der Waals surface area contributed by atoms with Crippen LogP contribution in [-0.4, -0.2) is 181 Å². The van der Waals surface area contributed by atoms with Crippen molar-refractivity contribution in [2.75, 3.05) is 59.0 Å². The van der Waals surface area contributed by atoms with Crippen LogP contribution in [0.5, 0.6) is 0 Å². The molecule has 0 spiro atoms. The Balaban J connectivity index is 0.000000135. The molecule has 4 aromatic carbocycles. The molecule has 0 aliphatic carbocycles. The third-order valence-corrected chi connectivity index (χ3v) is 29.1. The maximum Gasteiger partial charge on any atom is 0.471 e. The molecule has 5 aliphatic rings. The lowest BCUT2D eigenvalue weighted by Crippen LogP contribution is -2.41. The van der Waals surface area contributed by atoms with Crippen molar-refractivity contribution in [3.8, 4) is 20.0 Å². The summed E-state index contributed by atoms with van der Waals surface area (Å²) in [5, 5.41) is 52.3. The zero-order valence-corrected chi connectivity index (χ0v) is 81.5. The number of aliphatic imine (C=N–C) groups is 4. The number of morpholine rings is 1. The molecule has 0 radical (unpaired) electrons. The van der Waals surface area contributed by atoms with Crippen LogP contribution in [0.1, 0.15) is 196 Å². The number of benzene rings is 4. The number of hydrogen-bond acceptors (Lipinski definition) is 23. The average Bonchev–Trinajstić information content (AvgIpc) is 1.61. The van der Waals surface area contributed by atoms with Gasteiger partial charge in [-0.05, 0) is 172 Å². The molecular weight excluding hydrogens is 1840 g/mol. The molecular formula is C94H97Cl4F3N22O5S4. The number of hydrogen-bond donors (Lipinski definition) is 4. The highest BCUT2D eigenvalue weighted by molar-refractivity contribution is 7.16. The number of aromatic nitrogens is 13. The number of carbonyl (C=O) groups is 4. The molecule has 0 bridgehead atoms. The normalized spacial score (nSPS) is 16.0. The van der Waals surface area contributed by atoms with Gasteiger partial charge < -0.3 is 26.0 Å². The Hall–Kier alpha value is -11.2. The van der Waals surface area contributed by atoms with E-state index in [9.17, 15) is 32.3 Å². The second-order valence-corrected chi connectivity index (χ2v) is 40.0. The first kappa shape index (κ1) is 95.4. The molecule has 4 atom stereocenters. The number of thiophene rings is 4. The largest absolute Gasteiger partial charge is 0.471 e. The van der Waals surface area contributed by atoms with E-state index in [1.54, 1.807) is 63.8 Å². The summed E-state index contributed by atoms with van der Waals surface area (Å²) in [6.07, 6.45) is -0.336. The minimum Gasteiger partial charge on any atom is -0.379 e. The molecule has 13 aromatic rings. The van der Waals surface area contributed by atoms with Gasteiger partial charge in [-0.15, -0.1) is 86.1 Å². The number of halogens is 7. The average molecular weight is 1940 g/mol. The first-order chi connectivity index (χ1) is 63.0. The zero-order chi connectivity index (χ0) is 94.1. The highest BCUT2D eigenvalue weighted by Crippen LogP contribution is 2.45. The highest BCUT2D eigenvalue weighted by atomic mass is 35.5. The Labute approximate surface area is 797 Å². The van der Waals surface area contributed by atoms with Crippen LogP contribution in [0, 0.1) is 88.5 Å². The standard InChI is InChI=1S/C26H25ClN6OS.C25H29ClN6O2S.C23H26ClN5OS.C20H17ClF3N5OS/c1-15-16(2)35-26-23(15)24(19-6-8-20(27)9-7-19)30-21(25-32-31-17(3)33(25)26)13-22(34)29-12-10-18-5-4-11-28-14-18;1-15-16(2)35-25-22(15)23(18-4-6-19(26)7-5-18)28-20(24-30-29-17(3)32(24)25)14-21(33)27-8-9-31-10-12-34-13-11-31;1-12-13(2)31-21-18(12)19(15-7-9-16(24)10-8-15)26-17(11-25-22(30)23(4,5)6)20-28-27-14(3)29(20)21;1-9-10(2)31-18-15(9)16(12-4-6-13(21)7-5-12)26-14(8-25-19(30)20(22,23)24)17-28-27-11(3)29(17)18/h4-9,11,14,21H,10,12-13H2,1-3H3,(H,29,34);4-7,20H,8-14H2,1-3H3,(H,27,33);7-10,17H,11H2,1-6H3,(H,25,30);4-7,14H,8H2,1-3H3,(H,25,30)/t;;17-;/m..1./s1. The molecule has 18 rings (SSSR count). The van der Waals surface area contributed by atoms with Crippen molar-refractivity contribution in [3.63, 3.8) is 0 Å². The molecule has 3 unspecified atom stereocenters. The first-order valence-electron chi connectivity index (χ1n) is 42.8. The third-order valence-electron chi connectivity index (χ3n) is 23.3. The van der Waals surface area contributed by atoms with E-state index in [0.717, 1.165) is 154 Å². The Morgan fingerprint density at radius 3 is 1.04 bits per heavy atom. The lowest BCUT2D eigenvalue weighted by Gasteiger charge is -2.26. The van der Waals surface area contributed by atoms with Crippen molar-refractivity contribution < 1.29 is 37.1 Å². The van der Waals surface area contributed by atoms with Crippen LogP contribution >= 0.6 is 91.8 Å². The van der Waals surface area contributed by atoms with E-state index in [-0.39, 0.29) is 43.1 Å². The van der Waals surface area contributed by atoms with Crippen LogP contribution < -0.4 is 21.3 Å². The number of aryl methyl sites for hydroxylation is 8. The summed E-state index contributed by atoms with van der Waals surface area (Å²) in [5.74, 6) is 3.24. The van der Waals surface area contributed by atoms with Gasteiger partial charge in [0.2, 0.25) is 17.7 Å². The molecule has 0 saturated carbocycles. The van der Waals surface area contributed by atoms with Gasteiger partial charge in [0.25, 0.3) is 0 Å². The van der Waals surface area contributed by atoms with Crippen molar-refractivity contribution >= 4 is 138 Å². The van der Waals surface area contributed by atoms with E-state index < -0.39 is 35.6 Å². The predicted octanol–water partition coefficient (Wildman–Crippen LogP) is 18.0. The molecule has 1 fully saturated rings. The van der Waals surface area contributed by atoms with Crippen molar-refractivity contribution in [1.82, 2.24) is 90.2 Å². The maximum atomic E-state index is 13.0. The maximum absolute atomic E-state index is 13.0. The third kappa shape index (κ3) is 20.6.